The van der Waals surface area contributed by atoms with E-state index in [4.69, 9.17) is 5.26 Å². The molecule has 0 bridgehead atoms. The Morgan fingerprint density at radius 2 is 1.77 bits per heavy atom. The van der Waals surface area contributed by atoms with E-state index in [-0.39, 0.29) is 18.6 Å². The highest BCUT2D eigenvalue weighted by molar-refractivity contribution is 5.82. The van der Waals surface area contributed by atoms with Crippen molar-refractivity contribution in [1.82, 2.24) is 9.13 Å². The van der Waals surface area contributed by atoms with Crippen LogP contribution in [0.4, 0.5) is 0 Å². The van der Waals surface area contributed by atoms with Gasteiger partial charge in [0.2, 0.25) is 0 Å². The van der Waals surface area contributed by atoms with Crippen molar-refractivity contribution in [1.29, 1.82) is 5.26 Å². The molecule has 0 atom stereocenters. The molecule has 108 valence electrons. The van der Waals surface area contributed by atoms with Crippen molar-refractivity contribution >= 4 is 10.8 Å². The molecule has 3 aromatic rings. The first-order chi connectivity index (χ1) is 10.7. The van der Waals surface area contributed by atoms with E-state index < -0.39 is 5.69 Å². The van der Waals surface area contributed by atoms with E-state index in [1.807, 2.05) is 48.5 Å². The monoisotopic (exact) mass is 291 g/mol. The Bertz CT molecular complexity index is 993. The van der Waals surface area contributed by atoms with Gasteiger partial charge in [0.1, 0.15) is 6.54 Å². The van der Waals surface area contributed by atoms with Gasteiger partial charge in [0.15, 0.2) is 0 Å². The van der Waals surface area contributed by atoms with Crippen molar-refractivity contribution in [2.45, 2.75) is 13.1 Å². The normalized spacial score (nSPS) is 10.5. The molecule has 0 saturated carbocycles. The van der Waals surface area contributed by atoms with Crippen LogP contribution in [0.1, 0.15) is 5.56 Å². The van der Waals surface area contributed by atoms with Gasteiger partial charge in [0.05, 0.1) is 12.6 Å². The molecule has 1 heterocycles. The molecule has 0 aliphatic heterocycles. The van der Waals surface area contributed by atoms with Crippen LogP contribution < -0.4 is 11.2 Å². The molecule has 0 aliphatic carbocycles. The molecule has 0 radical (unpaired) electrons. The van der Waals surface area contributed by atoms with Crippen LogP contribution in [0.3, 0.4) is 0 Å². The van der Waals surface area contributed by atoms with E-state index >= 15 is 0 Å². The van der Waals surface area contributed by atoms with Crippen molar-refractivity contribution in [2.75, 3.05) is 0 Å². The lowest BCUT2D eigenvalue weighted by Crippen LogP contribution is -2.39. The Balaban J connectivity index is 2.05. The third kappa shape index (κ3) is 2.54. The number of hydrogen-bond acceptors (Lipinski definition) is 3. The van der Waals surface area contributed by atoms with E-state index in [1.165, 1.54) is 16.8 Å². The minimum absolute atomic E-state index is 0.0726. The molecule has 1 aromatic heterocycles. The highest BCUT2D eigenvalue weighted by Gasteiger charge is 2.06. The van der Waals surface area contributed by atoms with Gasteiger partial charge in [-0.15, -0.1) is 0 Å². The summed E-state index contributed by atoms with van der Waals surface area (Å²) in [5.74, 6) is 0. The summed E-state index contributed by atoms with van der Waals surface area (Å²) in [5.41, 5.74) is 0.0298. The van der Waals surface area contributed by atoms with Gasteiger partial charge >= 0.3 is 5.69 Å². The highest BCUT2D eigenvalue weighted by atomic mass is 16.2. The van der Waals surface area contributed by atoms with E-state index in [9.17, 15) is 9.59 Å². The van der Waals surface area contributed by atoms with Crippen molar-refractivity contribution in [2.24, 2.45) is 0 Å². The molecule has 2 aromatic carbocycles. The average molecular weight is 291 g/mol. The minimum Gasteiger partial charge on any atom is -0.287 e. The van der Waals surface area contributed by atoms with Crippen molar-refractivity contribution in [3.05, 3.63) is 81.1 Å². The van der Waals surface area contributed by atoms with Crippen molar-refractivity contribution in [3.63, 3.8) is 0 Å². The Morgan fingerprint density at radius 3 is 2.55 bits per heavy atom. The standard InChI is InChI=1S/C17H13N3O2/c18-8-10-19-9-7-16(21)20(17(19)22)12-13-5-6-14-3-1-2-4-15(14)11-13/h1-7,9,11H,10,12H2. The zero-order valence-corrected chi connectivity index (χ0v) is 11.8. The quantitative estimate of drug-likeness (QED) is 0.738. The Hall–Kier alpha value is -3.13. The molecule has 0 aliphatic rings. The summed E-state index contributed by atoms with van der Waals surface area (Å²) in [6, 6.07) is 16.9. The zero-order valence-electron chi connectivity index (χ0n) is 11.8. The van der Waals surface area contributed by atoms with Crippen LogP contribution in [-0.2, 0) is 13.1 Å². The number of benzene rings is 2. The molecule has 3 rings (SSSR count). The van der Waals surface area contributed by atoms with E-state index in [0.717, 1.165) is 20.9 Å². The molecule has 5 nitrogen and oxygen atoms in total. The van der Waals surface area contributed by atoms with Gasteiger partial charge in [-0.3, -0.25) is 13.9 Å². The fourth-order valence-electron chi connectivity index (χ4n) is 2.42. The second-order valence-electron chi connectivity index (χ2n) is 4.99. The highest BCUT2D eigenvalue weighted by Crippen LogP contribution is 2.15. The topological polar surface area (TPSA) is 67.8 Å². The molecule has 0 unspecified atom stereocenters. The maximum atomic E-state index is 12.2. The summed E-state index contributed by atoms with van der Waals surface area (Å²) in [6.45, 7) is 0.117. The third-order valence-corrected chi connectivity index (χ3v) is 3.54. The van der Waals surface area contributed by atoms with Crippen LogP contribution in [-0.4, -0.2) is 9.13 Å². The molecular formula is C17H13N3O2. The first kappa shape index (κ1) is 13.8. The number of fused-ring (bicyclic) bond motifs is 1. The molecule has 0 saturated heterocycles. The largest absolute Gasteiger partial charge is 0.332 e. The first-order valence-electron chi connectivity index (χ1n) is 6.84. The first-order valence-corrected chi connectivity index (χ1v) is 6.84. The molecule has 0 amide bonds. The van der Waals surface area contributed by atoms with Gasteiger partial charge in [0.25, 0.3) is 5.56 Å². The minimum atomic E-state index is -0.470. The van der Waals surface area contributed by atoms with Crippen LogP contribution in [0, 0.1) is 11.3 Å². The lowest BCUT2D eigenvalue weighted by atomic mass is 10.1. The lowest BCUT2D eigenvalue weighted by molar-refractivity contribution is 0.621. The fraction of sp³-hybridized carbons (Fsp3) is 0.118. The number of aromatic nitrogens is 2. The van der Waals surface area contributed by atoms with Gasteiger partial charge in [-0.25, -0.2) is 4.79 Å². The van der Waals surface area contributed by atoms with Gasteiger partial charge in [0, 0.05) is 12.3 Å². The van der Waals surface area contributed by atoms with E-state index in [1.54, 1.807) is 0 Å². The Kier molecular flexibility index (Phi) is 3.58. The van der Waals surface area contributed by atoms with E-state index in [0.29, 0.717) is 0 Å². The van der Waals surface area contributed by atoms with Crippen LogP contribution in [0.25, 0.3) is 10.8 Å². The zero-order chi connectivity index (χ0) is 15.5. The van der Waals surface area contributed by atoms with Crippen molar-refractivity contribution in [3.8, 4) is 6.07 Å². The van der Waals surface area contributed by atoms with Gasteiger partial charge in [-0.2, -0.15) is 5.26 Å². The Morgan fingerprint density at radius 1 is 1.00 bits per heavy atom. The van der Waals surface area contributed by atoms with Gasteiger partial charge in [-0.1, -0.05) is 36.4 Å². The predicted octanol–water partition coefficient (Wildman–Crippen LogP) is 1.74. The second-order valence-corrected chi connectivity index (χ2v) is 4.99. The number of nitrogens with zero attached hydrogens (tertiary/aromatic N) is 3. The number of hydrogen-bond donors (Lipinski definition) is 0. The summed E-state index contributed by atoms with van der Waals surface area (Å²) in [6.07, 6.45) is 1.35. The van der Waals surface area contributed by atoms with Crippen LogP contribution in [0.15, 0.2) is 64.3 Å². The van der Waals surface area contributed by atoms with E-state index in [2.05, 4.69) is 0 Å². The summed E-state index contributed by atoms with van der Waals surface area (Å²) in [7, 11) is 0. The summed E-state index contributed by atoms with van der Waals surface area (Å²) >= 11 is 0. The average Bonchev–Trinajstić information content (AvgIpc) is 2.54. The summed E-state index contributed by atoms with van der Waals surface area (Å²) < 4.78 is 2.36. The number of nitriles is 1. The summed E-state index contributed by atoms with van der Waals surface area (Å²) in [4.78, 5) is 24.2. The lowest BCUT2D eigenvalue weighted by Gasteiger charge is -2.08. The van der Waals surface area contributed by atoms with Crippen LogP contribution in [0.5, 0.6) is 0 Å². The maximum absolute atomic E-state index is 12.2. The molecule has 0 N–H and O–H groups in total. The second kappa shape index (κ2) is 5.70. The molecule has 5 heteroatoms. The molecule has 0 spiro atoms. The van der Waals surface area contributed by atoms with Crippen LogP contribution in [0.2, 0.25) is 0 Å². The smallest absolute Gasteiger partial charge is 0.287 e. The maximum Gasteiger partial charge on any atom is 0.332 e. The number of rotatable bonds is 3. The molecule has 0 fully saturated rings. The molecule has 22 heavy (non-hydrogen) atoms. The third-order valence-electron chi connectivity index (χ3n) is 3.54. The predicted molar refractivity (Wildman–Crippen MR) is 83.6 cm³/mol. The molecular weight excluding hydrogens is 278 g/mol. The fourth-order valence-corrected chi connectivity index (χ4v) is 2.42. The Labute approximate surface area is 126 Å². The van der Waals surface area contributed by atoms with Crippen LogP contribution >= 0.6 is 0 Å². The van der Waals surface area contributed by atoms with Crippen molar-refractivity contribution < 1.29 is 0 Å². The SMILES string of the molecule is N#CCn1ccc(=O)n(Cc2ccc3ccccc3c2)c1=O. The van der Waals surface area contributed by atoms with Gasteiger partial charge in [-0.05, 0) is 22.4 Å². The van der Waals surface area contributed by atoms with Gasteiger partial charge < -0.3 is 0 Å². The summed E-state index contributed by atoms with van der Waals surface area (Å²) in [5, 5.41) is 10.9.